The van der Waals surface area contributed by atoms with Gasteiger partial charge in [-0.15, -0.1) is 0 Å². The number of aliphatic carboxylic acids is 1. The van der Waals surface area contributed by atoms with Gasteiger partial charge in [0.25, 0.3) is 0 Å². The Bertz CT molecular complexity index is 524. The van der Waals surface area contributed by atoms with Gasteiger partial charge in [-0.1, -0.05) is 6.07 Å². The SMILES string of the molecule is COc1ccc(C=CC(=O)O)cc1NC(=O)NC(C)C. The standard InChI is InChI=1S/C14H18N2O4/c1-9(2)15-14(19)16-11-8-10(5-7-13(17)18)4-6-12(11)20-3/h4-9H,1-3H3,(H,17,18)(H2,15,16,19). The maximum Gasteiger partial charge on any atom is 0.328 e. The number of benzene rings is 1. The summed E-state index contributed by atoms with van der Waals surface area (Å²) in [7, 11) is 1.49. The molecule has 6 heteroatoms. The summed E-state index contributed by atoms with van der Waals surface area (Å²) >= 11 is 0. The maximum atomic E-state index is 11.7. The van der Waals surface area contributed by atoms with E-state index in [1.807, 2.05) is 13.8 Å². The molecule has 1 aromatic rings. The van der Waals surface area contributed by atoms with Crippen LogP contribution in [0.1, 0.15) is 19.4 Å². The van der Waals surface area contributed by atoms with Crippen molar-refractivity contribution in [2.75, 3.05) is 12.4 Å². The summed E-state index contributed by atoms with van der Waals surface area (Å²) in [6.07, 6.45) is 2.47. The molecular formula is C14H18N2O4. The van der Waals surface area contributed by atoms with E-state index in [9.17, 15) is 9.59 Å². The Labute approximate surface area is 117 Å². The fraction of sp³-hybridized carbons (Fsp3) is 0.286. The molecule has 0 saturated heterocycles. The number of anilines is 1. The second-order valence-corrected chi connectivity index (χ2v) is 4.38. The molecule has 3 N–H and O–H groups in total. The number of carboxylic acids is 1. The minimum atomic E-state index is -1.03. The molecule has 0 unspecified atom stereocenters. The molecular weight excluding hydrogens is 260 g/mol. The number of urea groups is 1. The molecule has 0 atom stereocenters. The van der Waals surface area contributed by atoms with Gasteiger partial charge in [0.2, 0.25) is 0 Å². The Hall–Kier alpha value is -2.50. The smallest absolute Gasteiger partial charge is 0.328 e. The van der Waals surface area contributed by atoms with Crippen LogP contribution in [0.3, 0.4) is 0 Å². The van der Waals surface area contributed by atoms with Gasteiger partial charge in [-0.25, -0.2) is 9.59 Å². The van der Waals surface area contributed by atoms with Crippen molar-refractivity contribution in [3.8, 4) is 5.75 Å². The maximum absolute atomic E-state index is 11.7. The number of carbonyl (C=O) groups excluding carboxylic acids is 1. The van der Waals surface area contributed by atoms with E-state index in [0.29, 0.717) is 17.0 Å². The Morgan fingerprint density at radius 3 is 2.60 bits per heavy atom. The van der Waals surface area contributed by atoms with Gasteiger partial charge in [0.05, 0.1) is 12.8 Å². The van der Waals surface area contributed by atoms with Gasteiger partial charge in [-0.2, -0.15) is 0 Å². The summed E-state index contributed by atoms with van der Waals surface area (Å²) in [5, 5.41) is 14.0. The summed E-state index contributed by atoms with van der Waals surface area (Å²) < 4.78 is 5.15. The first-order valence-electron chi connectivity index (χ1n) is 6.09. The summed E-state index contributed by atoms with van der Waals surface area (Å²) in [6, 6.07) is 4.66. The molecule has 1 aromatic carbocycles. The Balaban J connectivity index is 2.94. The first-order chi connectivity index (χ1) is 9.42. The van der Waals surface area contributed by atoms with Crippen molar-refractivity contribution in [3.63, 3.8) is 0 Å². The van der Waals surface area contributed by atoms with E-state index >= 15 is 0 Å². The van der Waals surface area contributed by atoms with Crippen molar-refractivity contribution in [1.82, 2.24) is 5.32 Å². The average Bonchev–Trinajstić information content (AvgIpc) is 2.35. The lowest BCUT2D eigenvalue weighted by Gasteiger charge is -2.13. The zero-order valence-corrected chi connectivity index (χ0v) is 11.6. The van der Waals surface area contributed by atoms with Crippen molar-refractivity contribution in [3.05, 3.63) is 29.8 Å². The molecule has 1 rings (SSSR count). The zero-order chi connectivity index (χ0) is 15.1. The Morgan fingerprint density at radius 2 is 2.05 bits per heavy atom. The lowest BCUT2D eigenvalue weighted by Crippen LogP contribution is -2.34. The van der Waals surface area contributed by atoms with Crippen LogP contribution in [0.2, 0.25) is 0 Å². The van der Waals surface area contributed by atoms with Crippen LogP contribution in [0.4, 0.5) is 10.5 Å². The van der Waals surface area contributed by atoms with Crippen molar-refractivity contribution in [1.29, 1.82) is 0 Å². The molecule has 0 saturated carbocycles. The van der Waals surface area contributed by atoms with Crippen molar-refractivity contribution >= 4 is 23.8 Å². The number of carboxylic acid groups (broad SMARTS) is 1. The predicted octanol–water partition coefficient (Wildman–Crippen LogP) is 2.32. The third-order valence-electron chi connectivity index (χ3n) is 2.31. The van der Waals surface area contributed by atoms with Crippen LogP contribution in [0.15, 0.2) is 24.3 Å². The number of rotatable bonds is 5. The third-order valence-corrected chi connectivity index (χ3v) is 2.31. The topological polar surface area (TPSA) is 87.7 Å². The van der Waals surface area contributed by atoms with Gasteiger partial charge < -0.3 is 20.5 Å². The van der Waals surface area contributed by atoms with Crippen molar-refractivity contribution in [2.45, 2.75) is 19.9 Å². The van der Waals surface area contributed by atoms with E-state index in [0.717, 1.165) is 6.08 Å². The molecule has 0 spiro atoms. The molecule has 0 fully saturated rings. The molecule has 0 heterocycles. The molecule has 0 aliphatic carbocycles. The number of amides is 2. The lowest BCUT2D eigenvalue weighted by atomic mass is 10.1. The summed E-state index contributed by atoms with van der Waals surface area (Å²) in [5.41, 5.74) is 1.12. The van der Waals surface area contributed by atoms with E-state index in [1.54, 1.807) is 18.2 Å². The fourth-order valence-electron chi connectivity index (χ4n) is 1.52. The number of hydrogen-bond donors (Lipinski definition) is 3. The first-order valence-corrected chi connectivity index (χ1v) is 6.09. The van der Waals surface area contributed by atoms with E-state index in [2.05, 4.69) is 10.6 Å². The van der Waals surface area contributed by atoms with E-state index in [1.165, 1.54) is 13.2 Å². The first kappa shape index (κ1) is 15.6. The Morgan fingerprint density at radius 1 is 1.35 bits per heavy atom. The number of hydrogen-bond acceptors (Lipinski definition) is 3. The fourth-order valence-corrected chi connectivity index (χ4v) is 1.52. The van der Waals surface area contributed by atoms with E-state index in [-0.39, 0.29) is 12.1 Å². The number of ether oxygens (including phenoxy) is 1. The van der Waals surface area contributed by atoms with Gasteiger partial charge in [-0.3, -0.25) is 0 Å². The molecule has 0 bridgehead atoms. The summed E-state index contributed by atoms with van der Waals surface area (Å²) in [6.45, 7) is 3.70. The number of nitrogens with one attached hydrogen (secondary N) is 2. The van der Waals surface area contributed by atoms with Crippen LogP contribution in [-0.4, -0.2) is 30.3 Å². The van der Waals surface area contributed by atoms with Crippen LogP contribution in [-0.2, 0) is 4.79 Å². The minimum Gasteiger partial charge on any atom is -0.495 e. The minimum absolute atomic E-state index is 0.0103. The van der Waals surface area contributed by atoms with Crippen LogP contribution >= 0.6 is 0 Å². The normalized spacial score (nSPS) is 10.6. The summed E-state index contributed by atoms with van der Waals surface area (Å²) in [5.74, 6) is -0.538. The van der Waals surface area contributed by atoms with Gasteiger partial charge in [0.15, 0.2) is 0 Å². The highest BCUT2D eigenvalue weighted by Gasteiger charge is 2.08. The quantitative estimate of drug-likeness (QED) is 0.721. The lowest BCUT2D eigenvalue weighted by molar-refractivity contribution is -0.131. The monoisotopic (exact) mass is 278 g/mol. The molecule has 20 heavy (non-hydrogen) atoms. The molecule has 0 aromatic heterocycles. The van der Waals surface area contributed by atoms with E-state index < -0.39 is 5.97 Å². The van der Waals surface area contributed by atoms with E-state index in [4.69, 9.17) is 9.84 Å². The van der Waals surface area contributed by atoms with Gasteiger partial charge in [0, 0.05) is 12.1 Å². The zero-order valence-electron chi connectivity index (χ0n) is 11.6. The van der Waals surface area contributed by atoms with Gasteiger partial charge in [0.1, 0.15) is 5.75 Å². The predicted molar refractivity (Wildman–Crippen MR) is 77.0 cm³/mol. The second-order valence-electron chi connectivity index (χ2n) is 4.38. The van der Waals surface area contributed by atoms with Crippen LogP contribution in [0.5, 0.6) is 5.75 Å². The van der Waals surface area contributed by atoms with Gasteiger partial charge >= 0.3 is 12.0 Å². The molecule has 0 radical (unpaired) electrons. The summed E-state index contributed by atoms with van der Waals surface area (Å²) in [4.78, 5) is 22.2. The number of carbonyl (C=O) groups is 2. The highest BCUT2D eigenvalue weighted by Crippen LogP contribution is 2.26. The molecule has 6 nitrogen and oxygen atoms in total. The average molecular weight is 278 g/mol. The van der Waals surface area contributed by atoms with Crippen LogP contribution in [0, 0.1) is 0 Å². The largest absolute Gasteiger partial charge is 0.495 e. The second kappa shape index (κ2) is 7.18. The van der Waals surface area contributed by atoms with Crippen LogP contribution in [0.25, 0.3) is 6.08 Å². The third kappa shape index (κ3) is 5.01. The number of methoxy groups -OCH3 is 1. The highest BCUT2D eigenvalue weighted by molar-refractivity contribution is 5.92. The van der Waals surface area contributed by atoms with Gasteiger partial charge in [-0.05, 0) is 37.6 Å². The highest BCUT2D eigenvalue weighted by atomic mass is 16.5. The molecule has 0 aliphatic rings. The molecule has 0 aliphatic heterocycles. The molecule has 2 amide bonds. The van der Waals surface area contributed by atoms with Crippen molar-refractivity contribution < 1.29 is 19.4 Å². The Kier molecular flexibility index (Phi) is 5.58. The van der Waals surface area contributed by atoms with Crippen molar-refractivity contribution in [2.24, 2.45) is 0 Å². The molecule has 108 valence electrons. The van der Waals surface area contributed by atoms with Crippen LogP contribution < -0.4 is 15.4 Å².